The Kier molecular flexibility index (Phi) is 6.42. The molecule has 1 unspecified atom stereocenters. The average molecular weight is 490 g/mol. The first-order valence-corrected chi connectivity index (χ1v) is 11.6. The van der Waals surface area contributed by atoms with Gasteiger partial charge >= 0.3 is 0 Å². The molecule has 2 aromatic carbocycles. The largest absolute Gasteiger partial charge is 0.353 e. The van der Waals surface area contributed by atoms with Crippen LogP contribution in [0.25, 0.3) is 10.1 Å². The fourth-order valence-electron chi connectivity index (χ4n) is 3.67. The molecule has 166 valence electrons. The van der Waals surface area contributed by atoms with E-state index in [1.165, 1.54) is 16.2 Å². The van der Waals surface area contributed by atoms with Gasteiger partial charge in [-0.3, -0.25) is 14.4 Å². The van der Waals surface area contributed by atoms with E-state index in [0.29, 0.717) is 27.2 Å². The molecule has 4 rings (SSSR count). The highest BCUT2D eigenvalue weighted by Gasteiger charge is 2.36. The van der Waals surface area contributed by atoms with Crippen molar-refractivity contribution in [1.29, 1.82) is 0 Å². The molecule has 1 fully saturated rings. The van der Waals surface area contributed by atoms with Crippen LogP contribution in [-0.2, 0) is 9.59 Å². The number of hydrogen-bond donors (Lipinski definition) is 2. The van der Waals surface area contributed by atoms with Gasteiger partial charge in [-0.25, -0.2) is 0 Å². The Labute approximate surface area is 199 Å². The van der Waals surface area contributed by atoms with E-state index in [2.05, 4.69) is 10.6 Å². The van der Waals surface area contributed by atoms with Gasteiger partial charge in [-0.15, -0.1) is 11.3 Å². The SMILES string of the molecule is Cc1ccc(NC(=O)CC2C(=O)NCCN2C(=O)c2sc3cc(Cl)ccc3c2Cl)cc1C. The van der Waals surface area contributed by atoms with Crippen LogP contribution in [0.3, 0.4) is 0 Å². The molecule has 0 aliphatic carbocycles. The van der Waals surface area contributed by atoms with E-state index in [1.54, 1.807) is 18.2 Å². The number of carbonyl (C=O) groups is 3. The molecule has 3 aromatic rings. The first-order chi connectivity index (χ1) is 15.2. The topological polar surface area (TPSA) is 78.5 Å². The second kappa shape index (κ2) is 9.10. The molecule has 2 N–H and O–H groups in total. The van der Waals surface area contributed by atoms with Gasteiger partial charge in [0, 0.05) is 33.9 Å². The number of thiophene rings is 1. The van der Waals surface area contributed by atoms with Crippen LogP contribution in [0.4, 0.5) is 5.69 Å². The lowest BCUT2D eigenvalue weighted by Crippen LogP contribution is -2.58. The second-order valence-corrected chi connectivity index (χ2v) is 9.61. The Bertz CT molecular complexity index is 1240. The maximum Gasteiger partial charge on any atom is 0.266 e. The minimum atomic E-state index is -0.923. The van der Waals surface area contributed by atoms with Gasteiger partial charge in [-0.2, -0.15) is 0 Å². The number of nitrogens with zero attached hydrogens (tertiary/aromatic N) is 1. The van der Waals surface area contributed by atoms with Crippen molar-refractivity contribution in [2.24, 2.45) is 0 Å². The zero-order chi connectivity index (χ0) is 23.0. The minimum absolute atomic E-state index is 0.154. The van der Waals surface area contributed by atoms with Crippen LogP contribution in [0.1, 0.15) is 27.2 Å². The van der Waals surface area contributed by atoms with E-state index in [-0.39, 0.29) is 30.7 Å². The number of aryl methyl sites for hydroxylation is 2. The number of carbonyl (C=O) groups excluding carboxylic acids is 3. The van der Waals surface area contributed by atoms with Gasteiger partial charge in [-0.1, -0.05) is 35.3 Å². The summed E-state index contributed by atoms with van der Waals surface area (Å²) in [6.45, 7) is 4.55. The number of rotatable bonds is 4. The summed E-state index contributed by atoms with van der Waals surface area (Å²) in [5.41, 5.74) is 2.82. The lowest BCUT2D eigenvalue weighted by molar-refractivity contribution is -0.131. The molecular formula is C23H21Cl2N3O3S. The molecule has 1 atom stereocenters. The molecule has 1 aliphatic heterocycles. The number of nitrogens with one attached hydrogen (secondary N) is 2. The summed E-state index contributed by atoms with van der Waals surface area (Å²) >= 11 is 13.8. The Balaban J connectivity index is 1.56. The number of fused-ring (bicyclic) bond motifs is 1. The molecule has 0 radical (unpaired) electrons. The molecule has 9 heteroatoms. The first-order valence-electron chi connectivity index (χ1n) is 10.1. The predicted octanol–water partition coefficient (Wildman–Crippen LogP) is 4.79. The van der Waals surface area contributed by atoms with E-state index in [0.717, 1.165) is 21.2 Å². The van der Waals surface area contributed by atoms with E-state index < -0.39 is 6.04 Å². The van der Waals surface area contributed by atoms with Gasteiger partial charge in [0.25, 0.3) is 5.91 Å². The summed E-state index contributed by atoms with van der Waals surface area (Å²) < 4.78 is 0.788. The van der Waals surface area contributed by atoms with Crippen molar-refractivity contribution in [2.75, 3.05) is 18.4 Å². The van der Waals surface area contributed by atoms with Gasteiger partial charge in [-0.05, 0) is 49.2 Å². The monoisotopic (exact) mass is 489 g/mol. The highest BCUT2D eigenvalue weighted by atomic mass is 35.5. The summed E-state index contributed by atoms with van der Waals surface area (Å²) in [5.74, 6) is -1.08. The lowest BCUT2D eigenvalue weighted by Gasteiger charge is -2.34. The number of halogens is 2. The molecule has 32 heavy (non-hydrogen) atoms. The summed E-state index contributed by atoms with van der Waals surface area (Å²) in [6, 6.07) is 9.92. The maximum absolute atomic E-state index is 13.4. The number of hydrogen-bond acceptors (Lipinski definition) is 4. The molecule has 3 amide bonds. The fourth-order valence-corrected chi connectivity index (χ4v) is 5.42. The zero-order valence-corrected chi connectivity index (χ0v) is 19.8. The normalized spacial score (nSPS) is 16.2. The number of benzene rings is 2. The van der Waals surface area contributed by atoms with Crippen LogP contribution in [-0.4, -0.2) is 41.8 Å². The van der Waals surface area contributed by atoms with Gasteiger partial charge < -0.3 is 15.5 Å². The molecule has 0 spiro atoms. The number of piperazine rings is 1. The number of anilines is 1. The molecule has 0 saturated carbocycles. The molecular weight excluding hydrogens is 469 g/mol. The van der Waals surface area contributed by atoms with Gasteiger partial charge in [0.1, 0.15) is 10.9 Å². The highest BCUT2D eigenvalue weighted by molar-refractivity contribution is 7.21. The third-order valence-corrected chi connectivity index (χ3v) is 7.43. The fraction of sp³-hybridized carbons (Fsp3) is 0.261. The quantitative estimate of drug-likeness (QED) is 0.552. The van der Waals surface area contributed by atoms with Crippen molar-refractivity contribution in [3.8, 4) is 0 Å². The van der Waals surface area contributed by atoms with Gasteiger partial charge in [0.2, 0.25) is 11.8 Å². The summed E-state index contributed by atoms with van der Waals surface area (Å²) in [4.78, 5) is 40.4. The molecule has 2 heterocycles. The van der Waals surface area contributed by atoms with Crippen LogP contribution in [0.2, 0.25) is 10.0 Å². The summed E-state index contributed by atoms with van der Waals surface area (Å²) in [6.07, 6.45) is -0.154. The van der Waals surface area contributed by atoms with Crippen LogP contribution < -0.4 is 10.6 Å². The van der Waals surface area contributed by atoms with Gasteiger partial charge in [0.15, 0.2) is 0 Å². The van der Waals surface area contributed by atoms with Crippen molar-refractivity contribution in [3.05, 3.63) is 62.4 Å². The van der Waals surface area contributed by atoms with Crippen molar-refractivity contribution in [3.63, 3.8) is 0 Å². The van der Waals surface area contributed by atoms with E-state index in [4.69, 9.17) is 23.2 Å². The zero-order valence-electron chi connectivity index (χ0n) is 17.5. The van der Waals surface area contributed by atoms with Gasteiger partial charge in [0.05, 0.1) is 11.4 Å². The van der Waals surface area contributed by atoms with Crippen molar-refractivity contribution >= 4 is 68.0 Å². The maximum atomic E-state index is 13.4. The summed E-state index contributed by atoms with van der Waals surface area (Å²) in [5, 5.41) is 7.17. The molecule has 1 aromatic heterocycles. The Hall–Kier alpha value is -2.61. The molecule has 1 aliphatic rings. The smallest absolute Gasteiger partial charge is 0.266 e. The predicted molar refractivity (Wildman–Crippen MR) is 129 cm³/mol. The second-order valence-electron chi connectivity index (χ2n) is 7.74. The minimum Gasteiger partial charge on any atom is -0.353 e. The van der Waals surface area contributed by atoms with Crippen LogP contribution in [0, 0.1) is 13.8 Å². The van der Waals surface area contributed by atoms with Crippen molar-refractivity contribution in [2.45, 2.75) is 26.3 Å². The number of amides is 3. The lowest BCUT2D eigenvalue weighted by atomic mass is 10.1. The Morgan fingerprint density at radius 1 is 1.16 bits per heavy atom. The van der Waals surface area contributed by atoms with Crippen LogP contribution >= 0.6 is 34.5 Å². The van der Waals surface area contributed by atoms with Crippen molar-refractivity contribution < 1.29 is 14.4 Å². The summed E-state index contributed by atoms with van der Waals surface area (Å²) in [7, 11) is 0. The third-order valence-electron chi connectivity index (χ3n) is 5.55. The molecule has 0 bridgehead atoms. The molecule has 1 saturated heterocycles. The Morgan fingerprint density at radius 3 is 2.69 bits per heavy atom. The van der Waals surface area contributed by atoms with Crippen LogP contribution in [0.5, 0.6) is 0 Å². The van der Waals surface area contributed by atoms with E-state index >= 15 is 0 Å². The molecule has 6 nitrogen and oxygen atoms in total. The Morgan fingerprint density at radius 2 is 1.94 bits per heavy atom. The average Bonchev–Trinajstić information content (AvgIpc) is 3.07. The standard InChI is InChI=1S/C23H21Cl2N3O3S/c1-12-3-5-15(9-13(12)2)27-19(29)11-17-22(30)26-7-8-28(17)23(31)21-20(25)16-6-4-14(24)10-18(16)32-21/h3-6,9-10,17H,7-8,11H2,1-2H3,(H,26,30)(H,27,29). The highest BCUT2D eigenvalue weighted by Crippen LogP contribution is 2.37. The van der Waals surface area contributed by atoms with Crippen LogP contribution in [0.15, 0.2) is 36.4 Å². The first kappa shape index (κ1) is 22.6. The van der Waals surface area contributed by atoms with E-state index in [9.17, 15) is 14.4 Å². The van der Waals surface area contributed by atoms with Crippen molar-refractivity contribution in [1.82, 2.24) is 10.2 Å². The van der Waals surface area contributed by atoms with E-state index in [1.807, 2.05) is 32.0 Å². The third kappa shape index (κ3) is 4.46.